The lowest BCUT2D eigenvalue weighted by atomic mass is 9.91. The van der Waals surface area contributed by atoms with Crippen molar-refractivity contribution in [1.82, 2.24) is 0 Å². The van der Waals surface area contributed by atoms with Crippen molar-refractivity contribution >= 4 is 5.97 Å². The number of carbonyl (C=O) groups is 1. The van der Waals surface area contributed by atoms with Gasteiger partial charge in [0, 0.05) is 0 Å². The maximum atomic E-state index is 13.3. The molecule has 1 aliphatic rings. The second kappa shape index (κ2) is 5.70. The highest BCUT2D eigenvalue weighted by Gasteiger charge is 2.94. The smallest absolute Gasteiger partial charge is 0.440 e. The molecule has 19 heteroatoms. The van der Waals surface area contributed by atoms with E-state index < -0.39 is 53.8 Å². The van der Waals surface area contributed by atoms with Crippen LogP contribution in [0, 0.1) is 0 Å². The van der Waals surface area contributed by atoms with Gasteiger partial charge in [0.25, 0.3) is 0 Å². The van der Waals surface area contributed by atoms with Gasteiger partial charge in [-0.2, -0.15) is 61.5 Å². The Hall–Kier alpha value is -1.66. The zero-order valence-electron chi connectivity index (χ0n) is 11.8. The van der Waals surface area contributed by atoms with Gasteiger partial charge in [0.05, 0.1) is 0 Å². The van der Waals surface area contributed by atoms with Crippen LogP contribution in [0.2, 0.25) is 0 Å². The Morgan fingerprint density at radius 2 is 1.14 bits per heavy atom. The van der Waals surface area contributed by atoms with E-state index in [2.05, 4.69) is 4.74 Å². The summed E-state index contributed by atoms with van der Waals surface area (Å²) >= 11 is 0. The summed E-state index contributed by atoms with van der Waals surface area (Å²) in [7, 11) is 0. The first kappa shape index (κ1) is 24.4. The monoisotopic (exact) mass is 458 g/mol. The van der Waals surface area contributed by atoms with Crippen molar-refractivity contribution < 1.29 is 85.2 Å². The summed E-state index contributed by atoms with van der Waals surface area (Å²) in [5.41, 5.74) is -7.51. The van der Waals surface area contributed by atoms with Gasteiger partial charge in [-0.25, -0.2) is 13.9 Å². The minimum absolute atomic E-state index is 1.52. The lowest BCUT2D eigenvalue weighted by Crippen LogP contribution is -2.72. The average Bonchev–Trinajstić information content (AvgIpc) is 2.95. The SMILES string of the molecule is O=C(O)C(F)(C(F)(F)F)C(F)(F)C(F)(F)C(F)(F)OC(F)(F)C1(F)OC1(F)F. The highest BCUT2D eigenvalue weighted by atomic mass is 19.4. The van der Waals surface area contributed by atoms with Gasteiger partial charge in [-0.1, -0.05) is 0 Å². The number of rotatable bonds is 7. The number of alkyl halides is 15. The molecule has 1 fully saturated rings. The highest BCUT2D eigenvalue weighted by Crippen LogP contribution is 2.63. The number of epoxide rings is 1. The Labute approximate surface area is 140 Å². The third-order valence-electron chi connectivity index (χ3n) is 3.11. The molecule has 0 radical (unpaired) electrons. The molecule has 0 aromatic heterocycles. The molecule has 166 valence electrons. The van der Waals surface area contributed by atoms with Crippen LogP contribution in [0.25, 0.3) is 0 Å². The maximum Gasteiger partial charge on any atom is 0.440 e. The summed E-state index contributed by atoms with van der Waals surface area (Å²) in [6, 6.07) is 0. The summed E-state index contributed by atoms with van der Waals surface area (Å²) in [6.45, 7) is 0. The normalized spacial score (nSPS) is 26.0. The lowest BCUT2D eigenvalue weighted by Gasteiger charge is -2.39. The third kappa shape index (κ3) is 2.84. The molecular formula is C9HF15O4. The van der Waals surface area contributed by atoms with Gasteiger partial charge < -0.3 is 5.11 Å². The van der Waals surface area contributed by atoms with Gasteiger partial charge in [-0.05, 0) is 0 Å². The molecule has 0 aliphatic carbocycles. The van der Waals surface area contributed by atoms with Crippen LogP contribution in [0.5, 0.6) is 0 Å². The minimum Gasteiger partial charge on any atom is -0.478 e. The first-order chi connectivity index (χ1) is 11.9. The number of carboxylic acids is 1. The first-order valence-corrected chi connectivity index (χ1v) is 5.83. The topological polar surface area (TPSA) is 59.1 Å². The van der Waals surface area contributed by atoms with E-state index in [1.165, 1.54) is 4.74 Å². The molecule has 1 saturated heterocycles. The molecule has 4 nitrogen and oxygen atoms in total. The van der Waals surface area contributed by atoms with Crippen LogP contribution in [0.4, 0.5) is 65.9 Å². The lowest BCUT2D eigenvalue weighted by molar-refractivity contribution is -0.487. The van der Waals surface area contributed by atoms with Crippen LogP contribution < -0.4 is 0 Å². The predicted octanol–water partition coefficient (Wildman–Crippen LogP) is 4.10. The molecule has 0 saturated carbocycles. The molecule has 1 aliphatic heterocycles. The van der Waals surface area contributed by atoms with E-state index in [1.807, 2.05) is 0 Å². The van der Waals surface area contributed by atoms with Gasteiger partial charge in [0.2, 0.25) is 0 Å². The van der Waals surface area contributed by atoms with Crippen molar-refractivity contribution in [2.45, 2.75) is 47.9 Å². The fraction of sp³-hybridized carbons (Fsp3) is 0.889. The van der Waals surface area contributed by atoms with Crippen LogP contribution >= 0.6 is 0 Å². The van der Waals surface area contributed by atoms with Crippen molar-refractivity contribution in [1.29, 1.82) is 0 Å². The predicted molar refractivity (Wildman–Crippen MR) is 48.3 cm³/mol. The summed E-state index contributed by atoms with van der Waals surface area (Å²) in [6.07, 6.45) is -27.9. The van der Waals surface area contributed by atoms with Gasteiger partial charge in [0.15, 0.2) is 0 Å². The van der Waals surface area contributed by atoms with Crippen molar-refractivity contribution in [3.8, 4) is 0 Å². The minimum atomic E-state index is -8.12. The fourth-order valence-corrected chi connectivity index (χ4v) is 1.50. The fourth-order valence-electron chi connectivity index (χ4n) is 1.50. The van der Waals surface area contributed by atoms with E-state index in [9.17, 15) is 70.7 Å². The molecule has 1 rings (SSSR count). The first-order valence-electron chi connectivity index (χ1n) is 5.83. The standard InChI is InChI=1S/C9HF15O4/c10-2(1(25)26,6(16,17)18)3(11,12)4(13,14)7(19,20)28-9(23,24)5(15)8(21,22)27-5/h(H,25,26). The van der Waals surface area contributed by atoms with E-state index in [1.54, 1.807) is 0 Å². The van der Waals surface area contributed by atoms with Gasteiger partial charge in [-0.15, -0.1) is 0 Å². The summed E-state index contributed by atoms with van der Waals surface area (Å²) in [5, 5.41) is 7.85. The Morgan fingerprint density at radius 3 is 1.39 bits per heavy atom. The number of carboxylic acid groups (broad SMARTS) is 1. The van der Waals surface area contributed by atoms with E-state index >= 15 is 0 Å². The van der Waals surface area contributed by atoms with Crippen molar-refractivity contribution in [2.24, 2.45) is 0 Å². The Kier molecular flexibility index (Phi) is 4.96. The Bertz CT molecular complexity index is 656. The molecule has 1 heterocycles. The van der Waals surface area contributed by atoms with Crippen molar-refractivity contribution in [3.63, 3.8) is 0 Å². The van der Waals surface area contributed by atoms with Crippen LogP contribution in [0.15, 0.2) is 0 Å². The van der Waals surface area contributed by atoms with Gasteiger partial charge in [0.1, 0.15) is 0 Å². The quantitative estimate of drug-likeness (QED) is 0.461. The second-order valence-electron chi connectivity index (χ2n) is 4.96. The van der Waals surface area contributed by atoms with Crippen LogP contribution in [0.3, 0.4) is 0 Å². The summed E-state index contributed by atoms with van der Waals surface area (Å²) in [4.78, 5) is 10.1. The molecule has 0 bridgehead atoms. The molecule has 0 aromatic carbocycles. The van der Waals surface area contributed by atoms with Crippen LogP contribution in [-0.4, -0.2) is 58.9 Å². The van der Waals surface area contributed by atoms with Gasteiger partial charge in [-0.3, -0.25) is 4.74 Å². The Balaban J connectivity index is 3.44. The number of ether oxygens (including phenoxy) is 2. The highest BCUT2D eigenvalue weighted by molar-refractivity contribution is 5.80. The number of aliphatic carboxylic acids is 1. The summed E-state index contributed by atoms with van der Waals surface area (Å²) in [5.74, 6) is -26.7. The zero-order valence-corrected chi connectivity index (χ0v) is 11.8. The number of hydrogen-bond donors (Lipinski definition) is 1. The molecule has 2 atom stereocenters. The number of halogens is 15. The van der Waals surface area contributed by atoms with E-state index in [0.29, 0.717) is 0 Å². The summed E-state index contributed by atoms with van der Waals surface area (Å²) < 4.78 is 196. The van der Waals surface area contributed by atoms with E-state index in [0.717, 1.165) is 0 Å². The molecule has 0 spiro atoms. The van der Waals surface area contributed by atoms with E-state index in [-0.39, 0.29) is 0 Å². The molecular weight excluding hydrogens is 457 g/mol. The second-order valence-corrected chi connectivity index (χ2v) is 4.96. The molecule has 1 N–H and O–H groups in total. The van der Waals surface area contributed by atoms with Gasteiger partial charge >= 0.3 is 53.8 Å². The molecule has 0 amide bonds. The average molecular weight is 458 g/mol. The third-order valence-corrected chi connectivity index (χ3v) is 3.11. The maximum absolute atomic E-state index is 13.3. The van der Waals surface area contributed by atoms with Crippen molar-refractivity contribution in [2.75, 3.05) is 0 Å². The number of hydrogen-bond acceptors (Lipinski definition) is 3. The molecule has 28 heavy (non-hydrogen) atoms. The van der Waals surface area contributed by atoms with Crippen LogP contribution in [-0.2, 0) is 14.3 Å². The Morgan fingerprint density at radius 1 is 0.786 bits per heavy atom. The molecule has 2 unspecified atom stereocenters. The zero-order chi connectivity index (χ0) is 23.0. The van der Waals surface area contributed by atoms with E-state index in [4.69, 9.17) is 5.11 Å². The molecule has 0 aromatic rings. The van der Waals surface area contributed by atoms with Crippen LogP contribution in [0.1, 0.15) is 0 Å². The largest absolute Gasteiger partial charge is 0.478 e. The van der Waals surface area contributed by atoms with Crippen molar-refractivity contribution in [3.05, 3.63) is 0 Å².